The number of amides is 1. The summed E-state index contributed by atoms with van der Waals surface area (Å²) >= 11 is 0. The summed E-state index contributed by atoms with van der Waals surface area (Å²) in [6, 6.07) is 16.6. The molecule has 0 fully saturated rings. The van der Waals surface area contributed by atoms with E-state index in [9.17, 15) is 13.2 Å². The summed E-state index contributed by atoms with van der Waals surface area (Å²) in [5.74, 6) is 0.759. The molecule has 3 rings (SSSR count). The van der Waals surface area contributed by atoms with E-state index in [0.29, 0.717) is 11.5 Å². The summed E-state index contributed by atoms with van der Waals surface area (Å²) in [4.78, 5) is 13.3. The first-order chi connectivity index (χ1) is 18.8. The maximum absolute atomic E-state index is 14.0. The van der Waals surface area contributed by atoms with Crippen molar-refractivity contribution in [2.45, 2.75) is 44.0 Å². The van der Waals surface area contributed by atoms with Crippen LogP contribution in [0.15, 0.2) is 65.6 Å². The van der Waals surface area contributed by atoms with E-state index >= 15 is 0 Å². The molecular weight excluding hydrogens is 532 g/mol. The van der Waals surface area contributed by atoms with Gasteiger partial charge in [-0.2, -0.15) is 0 Å². The second kappa shape index (κ2) is 12.5. The van der Waals surface area contributed by atoms with Gasteiger partial charge in [0, 0.05) is 12.1 Å². The lowest BCUT2D eigenvalue weighted by atomic mass is 9.86. The first kappa shape index (κ1) is 30.6. The van der Waals surface area contributed by atoms with Crippen molar-refractivity contribution in [2.24, 2.45) is 0 Å². The van der Waals surface area contributed by atoms with Gasteiger partial charge < -0.3 is 24.3 Å². The number of benzene rings is 3. The van der Waals surface area contributed by atoms with Crippen LogP contribution in [0.5, 0.6) is 23.0 Å². The molecule has 0 unspecified atom stereocenters. The van der Waals surface area contributed by atoms with E-state index in [1.54, 1.807) is 12.1 Å². The molecule has 40 heavy (non-hydrogen) atoms. The van der Waals surface area contributed by atoms with Crippen molar-refractivity contribution in [3.05, 3.63) is 71.8 Å². The van der Waals surface area contributed by atoms with Crippen molar-refractivity contribution < 1.29 is 32.2 Å². The molecule has 3 aromatic carbocycles. The highest BCUT2D eigenvalue weighted by atomic mass is 32.2. The highest BCUT2D eigenvalue weighted by Gasteiger charge is 2.31. The molecule has 1 amide bonds. The molecular formula is C30H38N2O7S. The van der Waals surface area contributed by atoms with Crippen molar-refractivity contribution in [3.63, 3.8) is 0 Å². The minimum absolute atomic E-state index is 0.000188. The van der Waals surface area contributed by atoms with Gasteiger partial charge in [0.1, 0.15) is 18.0 Å². The molecule has 0 saturated heterocycles. The molecule has 216 valence electrons. The van der Waals surface area contributed by atoms with Crippen molar-refractivity contribution >= 4 is 21.6 Å². The van der Waals surface area contributed by atoms with Crippen LogP contribution in [0.25, 0.3) is 0 Å². The van der Waals surface area contributed by atoms with Gasteiger partial charge in [-0.15, -0.1) is 0 Å². The first-order valence-corrected chi connectivity index (χ1v) is 14.2. The number of ether oxygens (including phenoxy) is 4. The highest BCUT2D eigenvalue weighted by Crippen LogP contribution is 2.37. The smallest absolute Gasteiger partial charge is 0.265 e. The molecule has 0 aliphatic rings. The number of sulfonamides is 1. The number of carbonyl (C=O) groups is 1. The minimum atomic E-state index is -4.29. The lowest BCUT2D eigenvalue weighted by Gasteiger charge is -2.27. The summed E-state index contributed by atoms with van der Waals surface area (Å²) in [5, 5.41) is 2.92. The van der Waals surface area contributed by atoms with E-state index in [-0.39, 0.29) is 33.5 Å². The number of nitrogens with one attached hydrogen (secondary N) is 1. The van der Waals surface area contributed by atoms with Crippen LogP contribution >= 0.6 is 0 Å². The molecule has 1 N–H and O–H groups in total. The molecule has 9 nitrogen and oxygen atoms in total. The Morgan fingerprint density at radius 1 is 0.825 bits per heavy atom. The molecule has 0 bridgehead atoms. The maximum Gasteiger partial charge on any atom is 0.265 e. The van der Waals surface area contributed by atoms with Crippen molar-refractivity contribution in [2.75, 3.05) is 39.3 Å². The van der Waals surface area contributed by atoms with Crippen LogP contribution in [-0.2, 0) is 20.2 Å². The molecule has 0 radical (unpaired) electrons. The Balaban J connectivity index is 2.00. The number of nitrogens with zero attached hydrogens (tertiary/aromatic N) is 1. The molecule has 10 heteroatoms. The largest absolute Gasteiger partial charge is 0.497 e. The second-order valence-electron chi connectivity index (χ2n) is 10.2. The lowest BCUT2D eigenvalue weighted by molar-refractivity contribution is -0.120. The van der Waals surface area contributed by atoms with Crippen LogP contribution in [-0.4, -0.2) is 49.3 Å². The van der Waals surface area contributed by atoms with Crippen molar-refractivity contribution in [1.29, 1.82) is 0 Å². The fourth-order valence-electron chi connectivity index (χ4n) is 4.17. The first-order valence-electron chi connectivity index (χ1n) is 12.7. The Morgan fingerprint density at radius 2 is 1.43 bits per heavy atom. The fourth-order valence-corrected chi connectivity index (χ4v) is 5.61. The van der Waals surface area contributed by atoms with Gasteiger partial charge in [0.25, 0.3) is 10.0 Å². The zero-order valence-corrected chi connectivity index (χ0v) is 25.1. The van der Waals surface area contributed by atoms with Crippen LogP contribution in [0, 0.1) is 0 Å². The monoisotopic (exact) mass is 570 g/mol. The lowest BCUT2D eigenvalue weighted by Crippen LogP contribution is -2.41. The molecule has 0 heterocycles. The quantitative estimate of drug-likeness (QED) is 0.342. The second-order valence-corrected chi connectivity index (χ2v) is 12.1. The third-order valence-electron chi connectivity index (χ3n) is 6.54. The Hall–Kier alpha value is -3.92. The van der Waals surface area contributed by atoms with Gasteiger partial charge in [0.15, 0.2) is 11.5 Å². The van der Waals surface area contributed by atoms with Crippen LogP contribution in [0.3, 0.4) is 0 Å². The fraction of sp³-hybridized carbons (Fsp3) is 0.367. The molecule has 3 aromatic rings. The number of methoxy groups -OCH3 is 4. The molecule has 0 saturated carbocycles. The Morgan fingerprint density at radius 3 is 1.98 bits per heavy atom. The number of hydrogen-bond donors (Lipinski definition) is 1. The van der Waals surface area contributed by atoms with Gasteiger partial charge in [-0.05, 0) is 47.7 Å². The summed E-state index contributed by atoms with van der Waals surface area (Å²) < 4.78 is 50.5. The molecule has 0 aliphatic heterocycles. The van der Waals surface area contributed by atoms with Crippen molar-refractivity contribution in [1.82, 2.24) is 5.32 Å². The van der Waals surface area contributed by atoms with Crippen LogP contribution in [0.1, 0.15) is 44.9 Å². The molecule has 0 spiro atoms. The molecule has 0 aliphatic carbocycles. The van der Waals surface area contributed by atoms with Gasteiger partial charge in [-0.3, -0.25) is 9.10 Å². The van der Waals surface area contributed by atoms with Gasteiger partial charge in [-0.25, -0.2) is 8.42 Å². The predicted molar refractivity (Wildman–Crippen MR) is 155 cm³/mol. The summed E-state index contributed by atoms with van der Waals surface area (Å²) in [6.07, 6.45) is 0. The van der Waals surface area contributed by atoms with E-state index in [0.717, 1.165) is 9.87 Å². The number of anilines is 1. The average Bonchev–Trinajstić information content (AvgIpc) is 2.94. The molecule has 1 atom stereocenters. The van der Waals surface area contributed by atoms with Crippen LogP contribution in [0.4, 0.5) is 5.69 Å². The standard InChI is InChI=1S/C30H38N2O7S/c1-20(21-9-11-22(12-10-21)30(2,3)4)31-29(33)19-32(25-17-23(36-5)13-15-26(25)37-6)40(34,35)24-14-16-27(38-7)28(18-24)39-8/h9-18,20H,19H2,1-8H3,(H,31,33)/t20-/m0/s1. The van der Waals surface area contributed by atoms with Crippen LogP contribution < -0.4 is 28.6 Å². The van der Waals surface area contributed by atoms with Gasteiger partial charge in [-0.1, -0.05) is 45.0 Å². The average molecular weight is 571 g/mol. The summed E-state index contributed by atoms with van der Waals surface area (Å²) in [7, 11) is 1.49. The van der Waals surface area contributed by atoms with Crippen LogP contribution in [0.2, 0.25) is 0 Å². The summed E-state index contributed by atoms with van der Waals surface area (Å²) in [6.45, 7) is 7.74. The van der Waals surface area contributed by atoms with E-state index < -0.39 is 22.5 Å². The van der Waals surface area contributed by atoms with Gasteiger partial charge in [0.05, 0.1) is 45.1 Å². The van der Waals surface area contributed by atoms with E-state index in [1.165, 1.54) is 58.3 Å². The third kappa shape index (κ3) is 6.80. The SMILES string of the molecule is COc1ccc(OC)c(N(CC(=O)N[C@@H](C)c2ccc(C(C)(C)C)cc2)S(=O)(=O)c2ccc(OC)c(OC)c2)c1. The zero-order valence-electron chi connectivity index (χ0n) is 24.3. The topological polar surface area (TPSA) is 103 Å². The van der Waals surface area contributed by atoms with Gasteiger partial charge in [0.2, 0.25) is 5.91 Å². The highest BCUT2D eigenvalue weighted by molar-refractivity contribution is 7.92. The van der Waals surface area contributed by atoms with E-state index in [4.69, 9.17) is 18.9 Å². The number of hydrogen-bond acceptors (Lipinski definition) is 7. The Labute approximate surface area is 237 Å². The molecule has 0 aromatic heterocycles. The Kier molecular flexibility index (Phi) is 9.57. The Bertz CT molecular complexity index is 1430. The van der Waals surface area contributed by atoms with Gasteiger partial charge >= 0.3 is 0 Å². The van der Waals surface area contributed by atoms with E-state index in [2.05, 4.69) is 26.1 Å². The minimum Gasteiger partial charge on any atom is -0.497 e. The zero-order chi connectivity index (χ0) is 29.7. The van der Waals surface area contributed by atoms with Crippen molar-refractivity contribution in [3.8, 4) is 23.0 Å². The summed E-state index contributed by atoms with van der Waals surface area (Å²) in [5.41, 5.74) is 2.22. The van der Waals surface area contributed by atoms with E-state index in [1.807, 2.05) is 31.2 Å². The maximum atomic E-state index is 14.0. The number of rotatable bonds is 11. The number of carbonyl (C=O) groups excluding carboxylic acids is 1. The normalized spacial score (nSPS) is 12.3. The predicted octanol–water partition coefficient (Wildman–Crippen LogP) is 5.09. The third-order valence-corrected chi connectivity index (χ3v) is 8.29.